The second kappa shape index (κ2) is 11.4. The molecule has 172 valence electrons. The average molecular weight is 445 g/mol. The Bertz CT molecular complexity index is 893. The Morgan fingerprint density at radius 1 is 1.19 bits per heavy atom. The molecule has 3 rings (SSSR count). The second-order valence-corrected chi connectivity index (χ2v) is 7.70. The number of hydrogen-bond donors (Lipinski definition) is 2. The largest absolute Gasteiger partial charge is 0.459 e. The molecule has 1 aliphatic heterocycles. The molecule has 0 bridgehead atoms. The summed E-state index contributed by atoms with van der Waals surface area (Å²) in [6.07, 6.45) is 3.20. The van der Waals surface area contributed by atoms with Crippen LogP contribution in [0.5, 0.6) is 0 Å². The quantitative estimate of drug-likeness (QED) is 0.577. The Morgan fingerprint density at radius 2 is 1.91 bits per heavy atom. The van der Waals surface area contributed by atoms with Crippen LogP contribution in [0.2, 0.25) is 0 Å². The van der Waals surface area contributed by atoms with Gasteiger partial charge in [-0.3, -0.25) is 14.4 Å². The topological polar surface area (TPSA) is 101 Å². The van der Waals surface area contributed by atoms with E-state index in [1.54, 1.807) is 24.1 Å². The van der Waals surface area contributed by atoms with Gasteiger partial charge in [0, 0.05) is 38.9 Å². The zero-order valence-corrected chi connectivity index (χ0v) is 18.0. The smallest absolute Gasteiger partial charge is 0.289 e. The summed E-state index contributed by atoms with van der Waals surface area (Å²) in [5, 5.41) is 5.66. The van der Waals surface area contributed by atoms with Crippen LogP contribution in [-0.2, 0) is 9.53 Å². The number of nitrogens with one attached hydrogen (secondary N) is 2. The van der Waals surface area contributed by atoms with Crippen LogP contribution < -0.4 is 10.6 Å². The zero-order chi connectivity index (χ0) is 22.9. The molecule has 1 unspecified atom stereocenters. The molecule has 8 nitrogen and oxygen atoms in total. The van der Waals surface area contributed by atoms with Crippen molar-refractivity contribution in [3.8, 4) is 0 Å². The number of rotatable bonds is 9. The standard InChI is InChI=1S/C23H28FN3O5/c1-31-14-3-11-25-22(29)20(26-21(28)17-5-7-18(24)8-6-17)16-9-12-27(13-10-16)23(30)19-4-2-15-32-19/h2,4-8,15-16,20H,3,9-14H2,1H3,(H,25,29)(H,26,28). The summed E-state index contributed by atoms with van der Waals surface area (Å²) >= 11 is 0. The van der Waals surface area contributed by atoms with E-state index in [9.17, 15) is 18.8 Å². The Labute approximate surface area is 186 Å². The molecule has 0 saturated carbocycles. The van der Waals surface area contributed by atoms with Gasteiger partial charge in [-0.2, -0.15) is 0 Å². The van der Waals surface area contributed by atoms with Crippen molar-refractivity contribution in [1.29, 1.82) is 0 Å². The average Bonchev–Trinajstić information content (AvgIpc) is 3.35. The minimum Gasteiger partial charge on any atom is -0.459 e. The zero-order valence-electron chi connectivity index (χ0n) is 18.0. The Hall–Kier alpha value is -3.20. The first-order valence-corrected chi connectivity index (χ1v) is 10.7. The van der Waals surface area contributed by atoms with E-state index in [0.29, 0.717) is 45.5 Å². The van der Waals surface area contributed by atoms with Gasteiger partial charge in [-0.15, -0.1) is 0 Å². The first-order chi connectivity index (χ1) is 15.5. The van der Waals surface area contributed by atoms with Crippen LogP contribution >= 0.6 is 0 Å². The van der Waals surface area contributed by atoms with Crippen LogP contribution in [-0.4, -0.2) is 62.0 Å². The molecule has 32 heavy (non-hydrogen) atoms. The molecule has 0 aliphatic carbocycles. The molecule has 1 fully saturated rings. The molecule has 1 aliphatic rings. The highest BCUT2D eigenvalue weighted by atomic mass is 19.1. The maximum absolute atomic E-state index is 13.2. The summed E-state index contributed by atoms with van der Waals surface area (Å²) < 4.78 is 23.4. The third-order valence-electron chi connectivity index (χ3n) is 5.53. The highest BCUT2D eigenvalue weighted by Gasteiger charge is 2.34. The molecule has 9 heteroatoms. The lowest BCUT2D eigenvalue weighted by Gasteiger charge is -2.35. The number of furan rings is 1. The normalized spacial score (nSPS) is 15.2. The monoisotopic (exact) mass is 445 g/mol. The van der Waals surface area contributed by atoms with Crippen molar-refractivity contribution in [1.82, 2.24) is 15.5 Å². The molecule has 1 saturated heterocycles. The van der Waals surface area contributed by atoms with E-state index < -0.39 is 17.8 Å². The summed E-state index contributed by atoms with van der Waals surface area (Å²) in [5.41, 5.74) is 0.272. The lowest BCUT2D eigenvalue weighted by Crippen LogP contribution is -2.54. The SMILES string of the molecule is COCCCNC(=O)C(NC(=O)c1ccc(F)cc1)C1CCN(C(=O)c2ccco2)CC1. The van der Waals surface area contributed by atoms with Gasteiger partial charge in [-0.25, -0.2) is 4.39 Å². The molecule has 2 heterocycles. The van der Waals surface area contributed by atoms with Crippen molar-refractivity contribution in [2.24, 2.45) is 5.92 Å². The van der Waals surface area contributed by atoms with E-state index in [1.807, 2.05) is 0 Å². The summed E-state index contributed by atoms with van der Waals surface area (Å²) in [4.78, 5) is 39.8. The number of benzene rings is 1. The van der Waals surface area contributed by atoms with Crippen molar-refractivity contribution in [3.05, 3.63) is 59.8 Å². The minimum atomic E-state index is -0.768. The van der Waals surface area contributed by atoms with Gasteiger partial charge in [0.05, 0.1) is 6.26 Å². The molecule has 1 aromatic heterocycles. The minimum absolute atomic E-state index is 0.150. The van der Waals surface area contributed by atoms with Crippen molar-refractivity contribution in [2.75, 3.05) is 33.4 Å². The van der Waals surface area contributed by atoms with Crippen LogP contribution in [0.4, 0.5) is 4.39 Å². The van der Waals surface area contributed by atoms with E-state index in [4.69, 9.17) is 9.15 Å². The molecule has 0 radical (unpaired) electrons. The van der Waals surface area contributed by atoms with Gasteiger partial charge in [0.15, 0.2) is 5.76 Å². The van der Waals surface area contributed by atoms with Gasteiger partial charge < -0.3 is 24.7 Å². The predicted molar refractivity (Wildman–Crippen MR) is 114 cm³/mol. The number of methoxy groups -OCH3 is 1. The van der Waals surface area contributed by atoms with Crippen molar-refractivity contribution in [3.63, 3.8) is 0 Å². The van der Waals surface area contributed by atoms with Gasteiger partial charge in [0.25, 0.3) is 11.8 Å². The molecule has 1 aromatic carbocycles. The van der Waals surface area contributed by atoms with Crippen molar-refractivity contribution < 1.29 is 27.9 Å². The predicted octanol–water partition coefficient (Wildman–Crippen LogP) is 2.22. The Morgan fingerprint density at radius 3 is 2.53 bits per heavy atom. The summed E-state index contributed by atoms with van der Waals surface area (Å²) in [6.45, 7) is 1.83. The van der Waals surface area contributed by atoms with Crippen LogP contribution in [0.15, 0.2) is 47.1 Å². The fraction of sp³-hybridized carbons (Fsp3) is 0.435. The van der Waals surface area contributed by atoms with Gasteiger partial charge in [-0.1, -0.05) is 0 Å². The maximum Gasteiger partial charge on any atom is 0.289 e. The third-order valence-corrected chi connectivity index (χ3v) is 5.53. The van der Waals surface area contributed by atoms with Gasteiger partial charge in [-0.05, 0) is 61.6 Å². The van der Waals surface area contributed by atoms with Crippen LogP contribution in [0.1, 0.15) is 40.2 Å². The summed E-state index contributed by atoms with van der Waals surface area (Å²) in [5.74, 6) is -1.24. The molecule has 0 spiro atoms. The summed E-state index contributed by atoms with van der Waals surface area (Å²) in [7, 11) is 1.59. The number of hydrogen-bond acceptors (Lipinski definition) is 5. The van der Waals surface area contributed by atoms with Gasteiger partial charge in [0.1, 0.15) is 11.9 Å². The molecular weight excluding hydrogens is 417 g/mol. The van der Waals surface area contributed by atoms with Gasteiger partial charge >= 0.3 is 0 Å². The van der Waals surface area contributed by atoms with Crippen LogP contribution in [0, 0.1) is 11.7 Å². The number of nitrogens with zero attached hydrogens (tertiary/aromatic N) is 1. The fourth-order valence-corrected chi connectivity index (χ4v) is 3.75. The van der Waals surface area contributed by atoms with Crippen molar-refractivity contribution >= 4 is 17.7 Å². The number of likely N-dealkylation sites (tertiary alicyclic amines) is 1. The highest BCUT2D eigenvalue weighted by molar-refractivity contribution is 5.97. The molecule has 2 N–H and O–H groups in total. The number of carbonyl (C=O) groups excluding carboxylic acids is 3. The molecule has 1 atom stereocenters. The molecular formula is C23H28FN3O5. The lowest BCUT2D eigenvalue weighted by atomic mass is 9.88. The number of amides is 3. The molecule has 3 amide bonds. The first kappa shape index (κ1) is 23.5. The second-order valence-electron chi connectivity index (χ2n) is 7.70. The van der Waals surface area contributed by atoms with E-state index in [1.165, 1.54) is 30.5 Å². The third kappa shape index (κ3) is 6.16. The highest BCUT2D eigenvalue weighted by Crippen LogP contribution is 2.23. The van der Waals surface area contributed by atoms with E-state index in [2.05, 4.69) is 10.6 Å². The first-order valence-electron chi connectivity index (χ1n) is 10.7. The van der Waals surface area contributed by atoms with E-state index in [0.717, 1.165) is 0 Å². The lowest BCUT2D eigenvalue weighted by molar-refractivity contribution is -0.124. The number of carbonyl (C=O) groups is 3. The molecule has 2 aromatic rings. The Kier molecular flexibility index (Phi) is 8.38. The number of halogens is 1. The van der Waals surface area contributed by atoms with Crippen LogP contribution in [0.3, 0.4) is 0 Å². The fourth-order valence-electron chi connectivity index (χ4n) is 3.75. The van der Waals surface area contributed by atoms with Crippen molar-refractivity contribution in [2.45, 2.75) is 25.3 Å². The van der Waals surface area contributed by atoms with Crippen LogP contribution in [0.25, 0.3) is 0 Å². The number of piperidine rings is 1. The maximum atomic E-state index is 13.2. The van der Waals surface area contributed by atoms with Gasteiger partial charge in [0.2, 0.25) is 5.91 Å². The van der Waals surface area contributed by atoms with E-state index >= 15 is 0 Å². The Balaban J connectivity index is 1.65. The summed E-state index contributed by atoms with van der Waals surface area (Å²) in [6, 6.07) is 7.67. The number of ether oxygens (including phenoxy) is 1. The van der Waals surface area contributed by atoms with E-state index in [-0.39, 0.29) is 29.1 Å².